The van der Waals surface area contributed by atoms with Gasteiger partial charge in [-0.15, -0.1) is 11.3 Å². The second kappa shape index (κ2) is 7.57. The van der Waals surface area contributed by atoms with E-state index in [1.165, 1.54) is 15.6 Å². The Morgan fingerprint density at radius 1 is 1.32 bits per heavy atom. The summed E-state index contributed by atoms with van der Waals surface area (Å²) in [5, 5.41) is 2.87. The molecule has 0 saturated carbocycles. The number of amides is 1. The number of carbonyl (C=O) groups is 1. The Morgan fingerprint density at radius 3 is 2.64 bits per heavy atom. The van der Waals surface area contributed by atoms with Gasteiger partial charge in [-0.3, -0.25) is 4.79 Å². The maximum atomic E-state index is 12.4. The second-order valence-corrected chi connectivity index (χ2v) is 9.37. The van der Waals surface area contributed by atoms with Gasteiger partial charge < -0.3 is 5.32 Å². The molecule has 0 radical (unpaired) electrons. The van der Waals surface area contributed by atoms with Crippen molar-refractivity contribution in [1.82, 2.24) is 9.62 Å². The summed E-state index contributed by atoms with van der Waals surface area (Å²) in [5.41, 5.74) is 0. The SMILES string of the molecule is CC(C)CCNC(=O)Cc1ccc(S(=O)(=O)N2CCCC2)s1. The van der Waals surface area contributed by atoms with Gasteiger partial charge >= 0.3 is 0 Å². The third kappa shape index (κ3) is 4.54. The van der Waals surface area contributed by atoms with E-state index in [4.69, 9.17) is 0 Å². The molecule has 1 aromatic heterocycles. The van der Waals surface area contributed by atoms with E-state index in [9.17, 15) is 13.2 Å². The summed E-state index contributed by atoms with van der Waals surface area (Å²) in [4.78, 5) is 12.6. The maximum absolute atomic E-state index is 12.4. The van der Waals surface area contributed by atoms with Crippen molar-refractivity contribution in [3.8, 4) is 0 Å². The summed E-state index contributed by atoms with van der Waals surface area (Å²) in [6.45, 7) is 6.10. The molecule has 5 nitrogen and oxygen atoms in total. The largest absolute Gasteiger partial charge is 0.356 e. The number of rotatable bonds is 7. The van der Waals surface area contributed by atoms with Crippen molar-refractivity contribution in [3.63, 3.8) is 0 Å². The van der Waals surface area contributed by atoms with Gasteiger partial charge in [0.2, 0.25) is 5.91 Å². The molecule has 0 atom stereocenters. The van der Waals surface area contributed by atoms with E-state index < -0.39 is 10.0 Å². The number of nitrogens with zero attached hydrogens (tertiary/aromatic N) is 1. The van der Waals surface area contributed by atoms with Crippen LogP contribution in [0.25, 0.3) is 0 Å². The lowest BCUT2D eigenvalue weighted by Gasteiger charge is -2.13. The molecule has 1 N–H and O–H groups in total. The first-order chi connectivity index (χ1) is 10.4. The van der Waals surface area contributed by atoms with Gasteiger partial charge in [0.05, 0.1) is 6.42 Å². The summed E-state index contributed by atoms with van der Waals surface area (Å²) in [6, 6.07) is 3.37. The van der Waals surface area contributed by atoms with E-state index >= 15 is 0 Å². The Hall–Kier alpha value is -0.920. The Bertz CT molecular complexity index is 602. The zero-order valence-corrected chi connectivity index (χ0v) is 14.8. The van der Waals surface area contributed by atoms with Crippen LogP contribution in [-0.2, 0) is 21.2 Å². The zero-order valence-electron chi connectivity index (χ0n) is 13.2. The molecule has 2 rings (SSSR count). The molecular weight excluding hydrogens is 320 g/mol. The van der Waals surface area contributed by atoms with Gasteiger partial charge in [0.15, 0.2) is 0 Å². The predicted molar refractivity (Wildman–Crippen MR) is 88.5 cm³/mol. The highest BCUT2D eigenvalue weighted by Gasteiger charge is 2.28. The normalized spacial score (nSPS) is 16.3. The molecule has 0 spiro atoms. The van der Waals surface area contributed by atoms with Crippen LogP contribution in [0.15, 0.2) is 16.3 Å². The minimum absolute atomic E-state index is 0.0485. The fourth-order valence-corrected chi connectivity index (χ4v) is 5.39. The van der Waals surface area contributed by atoms with Crippen LogP contribution >= 0.6 is 11.3 Å². The average Bonchev–Trinajstić information content (AvgIpc) is 3.09. The topological polar surface area (TPSA) is 66.5 Å². The van der Waals surface area contributed by atoms with Gasteiger partial charge in [0.25, 0.3) is 10.0 Å². The lowest BCUT2D eigenvalue weighted by Crippen LogP contribution is -2.27. The molecule has 124 valence electrons. The Balaban J connectivity index is 1.92. The van der Waals surface area contributed by atoms with Crippen molar-refractivity contribution in [2.75, 3.05) is 19.6 Å². The highest BCUT2D eigenvalue weighted by atomic mass is 32.2. The van der Waals surface area contributed by atoms with Gasteiger partial charge in [-0.05, 0) is 37.3 Å². The molecule has 1 saturated heterocycles. The van der Waals surface area contributed by atoms with Crippen molar-refractivity contribution in [2.24, 2.45) is 5.92 Å². The quantitative estimate of drug-likeness (QED) is 0.825. The van der Waals surface area contributed by atoms with Crippen molar-refractivity contribution < 1.29 is 13.2 Å². The van der Waals surface area contributed by atoms with Crippen LogP contribution in [0.1, 0.15) is 38.0 Å². The molecule has 2 heterocycles. The molecule has 1 aliphatic heterocycles. The standard InChI is InChI=1S/C15H24N2O3S2/c1-12(2)7-8-16-14(18)11-13-5-6-15(21-13)22(19,20)17-9-3-4-10-17/h5-6,12H,3-4,7-11H2,1-2H3,(H,16,18). The maximum Gasteiger partial charge on any atom is 0.252 e. The molecule has 0 aliphatic carbocycles. The van der Waals surface area contributed by atoms with Gasteiger partial charge in [0, 0.05) is 24.5 Å². The summed E-state index contributed by atoms with van der Waals surface area (Å²) in [6.07, 6.45) is 3.05. The first-order valence-corrected chi connectivity index (χ1v) is 10.0. The van der Waals surface area contributed by atoms with E-state index in [0.29, 0.717) is 29.8 Å². The zero-order chi connectivity index (χ0) is 16.2. The Kier molecular flexibility index (Phi) is 6.00. The van der Waals surface area contributed by atoms with E-state index in [1.807, 2.05) is 0 Å². The lowest BCUT2D eigenvalue weighted by atomic mass is 10.1. The third-order valence-corrected chi connectivity index (χ3v) is 7.13. The fourth-order valence-electron chi connectivity index (χ4n) is 2.37. The monoisotopic (exact) mass is 344 g/mol. The molecule has 0 aromatic carbocycles. The molecule has 1 fully saturated rings. The minimum Gasteiger partial charge on any atom is -0.356 e. The fraction of sp³-hybridized carbons (Fsp3) is 0.667. The van der Waals surface area contributed by atoms with Crippen LogP contribution in [0, 0.1) is 5.92 Å². The van der Waals surface area contributed by atoms with Crippen molar-refractivity contribution in [3.05, 3.63) is 17.0 Å². The van der Waals surface area contributed by atoms with Gasteiger partial charge in [-0.1, -0.05) is 13.8 Å². The van der Waals surface area contributed by atoms with Crippen molar-refractivity contribution >= 4 is 27.3 Å². The molecule has 1 aromatic rings. The van der Waals surface area contributed by atoms with E-state index in [-0.39, 0.29) is 12.3 Å². The lowest BCUT2D eigenvalue weighted by molar-refractivity contribution is -0.120. The highest BCUT2D eigenvalue weighted by molar-refractivity contribution is 7.91. The van der Waals surface area contributed by atoms with E-state index in [0.717, 1.165) is 24.1 Å². The molecule has 0 unspecified atom stereocenters. The second-order valence-electron chi connectivity index (χ2n) is 6.04. The van der Waals surface area contributed by atoms with Gasteiger partial charge in [-0.25, -0.2) is 8.42 Å². The Labute approximate surface area is 136 Å². The van der Waals surface area contributed by atoms with Crippen LogP contribution < -0.4 is 5.32 Å². The number of hydrogen-bond acceptors (Lipinski definition) is 4. The predicted octanol–water partition coefficient (Wildman–Crippen LogP) is 2.24. The average molecular weight is 345 g/mol. The summed E-state index contributed by atoms with van der Waals surface area (Å²) < 4.78 is 26.7. The van der Waals surface area contributed by atoms with E-state index in [1.54, 1.807) is 12.1 Å². The molecule has 1 amide bonds. The van der Waals surface area contributed by atoms with Crippen LogP contribution in [-0.4, -0.2) is 38.3 Å². The number of hydrogen-bond donors (Lipinski definition) is 1. The first kappa shape index (κ1) is 17.4. The molecular formula is C15H24N2O3S2. The number of nitrogens with one attached hydrogen (secondary N) is 1. The summed E-state index contributed by atoms with van der Waals surface area (Å²) in [7, 11) is -3.36. The number of thiophene rings is 1. The van der Waals surface area contributed by atoms with Crippen molar-refractivity contribution in [1.29, 1.82) is 0 Å². The minimum atomic E-state index is -3.36. The molecule has 7 heteroatoms. The molecule has 0 bridgehead atoms. The van der Waals surface area contributed by atoms with Crippen LogP contribution in [0.5, 0.6) is 0 Å². The third-order valence-electron chi connectivity index (χ3n) is 3.67. The smallest absolute Gasteiger partial charge is 0.252 e. The summed E-state index contributed by atoms with van der Waals surface area (Å²) >= 11 is 1.20. The number of sulfonamides is 1. The number of carbonyl (C=O) groups excluding carboxylic acids is 1. The Morgan fingerprint density at radius 2 is 2.00 bits per heavy atom. The summed E-state index contributed by atoms with van der Waals surface area (Å²) in [5.74, 6) is 0.506. The van der Waals surface area contributed by atoms with Crippen LogP contribution in [0.2, 0.25) is 0 Å². The van der Waals surface area contributed by atoms with Gasteiger partial charge in [-0.2, -0.15) is 4.31 Å². The first-order valence-electron chi connectivity index (χ1n) is 7.75. The molecule has 22 heavy (non-hydrogen) atoms. The highest BCUT2D eigenvalue weighted by Crippen LogP contribution is 2.27. The van der Waals surface area contributed by atoms with Gasteiger partial charge in [0.1, 0.15) is 4.21 Å². The van der Waals surface area contributed by atoms with Crippen LogP contribution in [0.4, 0.5) is 0 Å². The van der Waals surface area contributed by atoms with Crippen LogP contribution in [0.3, 0.4) is 0 Å². The van der Waals surface area contributed by atoms with Crippen molar-refractivity contribution in [2.45, 2.75) is 43.7 Å². The van der Waals surface area contributed by atoms with E-state index in [2.05, 4.69) is 19.2 Å². The molecule has 1 aliphatic rings.